The van der Waals surface area contributed by atoms with Gasteiger partial charge in [-0.05, 0) is 24.5 Å². The molecule has 110 valence electrons. The fourth-order valence-corrected chi connectivity index (χ4v) is 2.41. The number of hydrogen-bond donors (Lipinski definition) is 1. The van der Waals surface area contributed by atoms with Crippen LogP contribution >= 0.6 is 0 Å². The van der Waals surface area contributed by atoms with Crippen LogP contribution in [0.25, 0.3) is 0 Å². The van der Waals surface area contributed by atoms with E-state index in [1.165, 1.54) is 4.90 Å². The zero-order valence-electron chi connectivity index (χ0n) is 11.2. The molecule has 1 amide bonds. The Morgan fingerprint density at radius 3 is 2.70 bits per heavy atom. The summed E-state index contributed by atoms with van der Waals surface area (Å²) in [6.07, 6.45) is -5.43. The van der Waals surface area contributed by atoms with Gasteiger partial charge in [0.1, 0.15) is 6.17 Å². The maximum Gasteiger partial charge on any atom is 0.389 e. The van der Waals surface area contributed by atoms with Crippen LogP contribution in [-0.2, 0) is 4.79 Å². The summed E-state index contributed by atoms with van der Waals surface area (Å²) in [7, 11) is 0. The molecule has 0 saturated carbocycles. The molecular formula is C14H17F3N2O. The van der Waals surface area contributed by atoms with Crippen molar-refractivity contribution in [3.8, 4) is 0 Å². The first-order valence-electron chi connectivity index (χ1n) is 6.53. The smallest absolute Gasteiger partial charge is 0.322 e. The normalized spacial score (nSPS) is 19.7. The van der Waals surface area contributed by atoms with Gasteiger partial charge in [0.2, 0.25) is 5.91 Å². The van der Waals surface area contributed by atoms with E-state index in [-0.39, 0.29) is 31.6 Å². The van der Waals surface area contributed by atoms with E-state index < -0.39 is 12.6 Å². The lowest BCUT2D eigenvalue weighted by Gasteiger charge is -2.26. The predicted molar refractivity (Wildman–Crippen MR) is 68.9 cm³/mol. The van der Waals surface area contributed by atoms with Gasteiger partial charge in [-0.25, -0.2) is 0 Å². The van der Waals surface area contributed by atoms with Gasteiger partial charge in [-0.3, -0.25) is 10.1 Å². The van der Waals surface area contributed by atoms with Crippen LogP contribution in [0.4, 0.5) is 13.2 Å². The van der Waals surface area contributed by atoms with Crippen molar-refractivity contribution in [2.24, 2.45) is 0 Å². The summed E-state index contributed by atoms with van der Waals surface area (Å²) in [5.74, 6) is -0.152. The average Bonchev–Trinajstić information content (AvgIpc) is 2.70. The van der Waals surface area contributed by atoms with Crippen LogP contribution < -0.4 is 5.32 Å². The maximum absolute atomic E-state index is 12.2. The minimum atomic E-state index is -4.17. The Bertz CT molecular complexity index is 488. The van der Waals surface area contributed by atoms with Crippen molar-refractivity contribution < 1.29 is 18.0 Å². The van der Waals surface area contributed by atoms with E-state index in [0.29, 0.717) is 0 Å². The molecule has 1 aliphatic heterocycles. The molecule has 1 fully saturated rings. The van der Waals surface area contributed by atoms with Crippen molar-refractivity contribution in [3.63, 3.8) is 0 Å². The van der Waals surface area contributed by atoms with Crippen LogP contribution in [-0.4, -0.2) is 30.1 Å². The molecule has 1 unspecified atom stereocenters. The van der Waals surface area contributed by atoms with Gasteiger partial charge >= 0.3 is 6.18 Å². The summed E-state index contributed by atoms with van der Waals surface area (Å²) in [4.78, 5) is 13.3. The lowest BCUT2D eigenvalue weighted by atomic mass is 10.1. The lowest BCUT2D eigenvalue weighted by Crippen LogP contribution is -2.32. The topological polar surface area (TPSA) is 32.3 Å². The Labute approximate surface area is 115 Å². The quantitative estimate of drug-likeness (QED) is 0.923. The molecule has 0 radical (unpaired) electrons. The third kappa shape index (κ3) is 3.50. The van der Waals surface area contributed by atoms with Crippen LogP contribution in [0.1, 0.15) is 30.1 Å². The molecule has 0 bridgehead atoms. The minimum absolute atomic E-state index is 0.0701. The van der Waals surface area contributed by atoms with E-state index in [0.717, 1.165) is 11.1 Å². The Kier molecular flexibility index (Phi) is 4.32. The van der Waals surface area contributed by atoms with Gasteiger partial charge in [0.15, 0.2) is 0 Å². The first kappa shape index (κ1) is 14.8. The van der Waals surface area contributed by atoms with E-state index in [1.54, 1.807) is 0 Å². The van der Waals surface area contributed by atoms with Crippen molar-refractivity contribution in [1.29, 1.82) is 0 Å². The zero-order chi connectivity index (χ0) is 14.8. The molecule has 0 aromatic heterocycles. The molecule has 1 saturated heterocycles. The molecule has 6 heteroatoms. The molecule has 1 atom stereocenters. The molecule has 1 aromatic rings. The standard InChI is InChI=1S/C14H17F3N2O/c1-10-5-2-3-6-11(10)13-18-9-12(20)19(13)8-4-7-14(15,16)17/h2-3,5-6,13,18H,4,7-9H2,1H3. The third-order valence-electron chi connectivity index (χ3n) is 3.42. The van der Waals surface area contributed by atoms with Gasteiger partial charge in [0.25, 0.3) is 0 Å². The third-order valence-corrected chi connectivity index (χ3v) is 3.42. The van der Waals surface area contributed by atoms with Crippen LogP contribution in [0.15, 0.2) is 24.3 Å². The number of carbonyl (C=O) groups excluding carboxylic acids is 1. The van der Waals surface area contributed by atoms with Crippen LogP contribution in [0.2, 0.25) is 0 Å². The minimum Gasteiger partial charge on any atom is -0.322 e. The molecule has 1 aromatic carbocycles. The molecule has 1 N–H and O–H groups in total. The number of benzene rings is 1. The number of carbonyl (C=O) groups is 1. The number of alkyl halides is 3. The number of nitrogens with zero attached hydrogens (tertiary/aromatic N) is 1. The Balaban J connectivity index is 2.06. The van der Waals surface area contributed by atoms with Crippen molar-refractivity contribution in [2.45, 2.75) is 32.1 Å². The van der Waals surface area contributed by atoms with E-state index in [2.05, 4.69) is 5.32 Å². The summed E-state index contributed by atoms with van der Waals surface area (Å²) in [5.41, 5.74) is 1.95. The van der Waals surface area contributed by atoms with Gasteiger partial charge in [-0.2, -0.15) is 13.2 Å². The number of rotatable bonds is 4. The average molecular weight is 286 g/mol. The van der Waals surface area contributed by atoms with Crippen molar-refractivity contribution in [2.75, 3.05) is 13.1 Å². The van der Waals surface area contributed by atoms with E-state index in [4.69, 9.17) is 0 Å². The molecule has 1 heterocycles. The van der Waals surface area contributed by atoms with Crippen LogP contribution in [0, 0.1) is 6.92 Å². The molecular weight excluding hydrogens is 269 g/mol. The van der Waals surface area contributed by atoms with Gasteiger partial charge in [-0.1, -0.05) is 24.3 Å². The summed E-state index contributed by atoms with van der Waals surface area (Å²) in [6.45, 7) is 2.21. The second kappa shape index (κ2) is 5.83. The number of nitrogens with one attached hydrogen (secondary N) is 1. The molecule has 0 aliphatic carbocycles. The molecule has 3 nitrogen and oxygen atoms in total. The Morgan fingerprint density at radius 2 is 2.05 bits per heavy atom. The number of hydrogen-bond acceptors (Lipinski definition) is 2. The first-order valence-corrected chi connectivity index (χ1v) is 6.53. The second-order valence-electron chi connectivity index (χ2n) is 4.95. The van der Waals surface area contributed by atoms with Crippen molar-refractivity contribution in [1.82, 2.24) is 10.2 Å². The molecule has 0 spiro atoms. The van der Waals surface area contributed by atoms with Crippen molar-refractivity contribution >= 4 is 5.91 Å². The lowest BCUT2D eigenvalue weighted by molar-refractivity contribution is -0.139. The molecule has 2 rings (SSSR count). The highest BCUT2D eigenvalue weighted by Gasteiger charge is 2.33. The van der Waals surface area contributed by atoms with Gasteiger partial charge in [0, 0.05) is 13.0 Å². The number of amides is 1. The Hall–Kier alpha value is -1.56. The van der Waals surface area contributed by atoms with Crippen molar-refractivity contribution in [3.05, 3.63) is 35.4 Å². The van der Waals surface area contributed by atoms with E-state index >= 15 is 0 Å². The maximum atomic E-state index is 12.2. The monoisotopic (exact) mass is 286 g/mol. The molecule has 20 heavy (non-hydrogen) atoms. The predicted octanol–water partition coefficient (Wildman–Crippen LogP) is 2.77. The summed E-state index contributed by atoms with van der Waals surface area (Å²) < 4.78 is 36.6. The van der Waals surface area contributed by atoms with E-state index in [9.17, 15) is 18.0 Å². The van der Waals surface area contributed by atoms with Crippen LogP contribution in [0.5, 0.6) is 0 Å². The summed E-state index contributed by atoms with van der Waals surface area (Å²) >= 11 is 0. The second-order valence-corrected chi connectivity index (χ2v) is 4.95. The van der Waals surface area contributed by atoms with Gasteiger partial charge < -0.3 is 4.90 Å². The fourth-order valence-electron chi connectivity index (χ4n) is 2.41. The number of halogens is 3. The van der Waals surface area contributed by atoms with Gasteiger partial charge in [-0.15, -0.1) is 0 Å². The fraction of sp³-hybridized carbons (Fsp3) is 0.500. The molecule has 1 aliphatic rings. The largest absolute Gasteiger partial charge is 0.389 e. The highest BCUT2D eigenvalue weighted by atomic mass is 19.4. The Morgan fingerprint density at radius 1 is 1.35 bits per heavy atom. The SMILES string of the molecule is Cc1ccccc1C1NCC(=O)N1CCCC(F)(F)F. The zero-order valence-corrected chi connectivity index (χ0v) is 11.2. The van der Waals surface area contributed by atoms with Gasteiger partial charge in [0.05, 0.1) is 6.54 Å². The highest BCUT2D eigenvalue weighted by molar-refractivity contribution is 5.81. The summed E-state index contributed by atoms with van der Waals surface area (Å²) in [6, 6.07) is 7.57. The number of aryl methyl sites for hydroxylation is 1. The van der Waals surface area contributed by atoms with Crippen LogP contribution in [0.3, 0.4) is 0 Å². The highest BCUT2D eigenvalue weighted by Crippen LogP contribution is 2.27. The van der Waals surface area contributed by atoms with E-state index in [1.807, 2.05) is 31.2 Å². The summed E-state index contributed by atoms with van der Waals surface area (Å²) in [5, 5.41) is 3.06. The first-order chi connectivity index (χ1) is 9.38.